The first-order chi connectivity index (χ1) is 16.2. The molecule has 0 aliphatic carbocycles. The van der Waals surface area contributed by atoms with Gasteiger partial charge >= 0.3 is 0 Å². The molecule has 0 saturated heterocycles. The lowest BCUT2D eigenvalue weighted by atomic mass is 10.0. The third-order valence-corrected chi connectivity index (χ3v) is 6.97. The van der Waals surface area contributed by atoms with Gasteiger partial charge in [0.15, 0.2) is 0 Å². The number of aryl methyl sites for hydroxylation is 6. The summed E-state index contributed by atoms with van der Waals surface area (Å²) in [5, 5.41) is 11.3. The maximum Gasteiger partial charge on any atom is 0.217 e. The number of nitrogens with zero attached hydrogens (tertiary/aromatic N) is 3. The van der Waals surface area contributed by atoms with Crippen molar-refractivity contribution in [1.82, 2.24) is 9.13 Å². The molecule has 0 spiro atoms. The van der Waals surface area contributed by atoms with Crippen molar-refractivity contribution < 1.29 is 4.79 Å². The van der Waals surface area contributed by atoms with E-state index in [4.69, 9.17) is 11.0 Å². The van der Waals surface area contributed by atoms with Crippen LogP contribution < -0.4 is 5.73 Å². The standard InChI is InChI=1S/C14H16N2O.C14H14N2/c15-13(17)7-6-11-9-16-8-2-4-10-3-1-5-12(11)14(10)16;15-8-2-5-12-10-16-9-3-6-11-4-1-7-13(12)14(11)16/h1,3,5,9H,2,4,6-8H2,(H2,15,17);1,4,7,10H,2-3,5-6,9H2. The highest BCUT2D eigenvalue weighted by Crippen LogP contribution is 2.31. The molecule has 1 amide bonds. The molecule has 2 aliphatic rings. The fourth-order valence-electron chi connectivity index (χ4n) is 5.51. The van der Waals surface area contributed by atoms with E-state index in [-0.39, 0.29) is 5.91 Å². The normalized spacial score (nSPS) is 14.0. The van der Waals surface area contributed by atoms with Gasteiger partial charge in [0.05, 0.1) is 17.1 Å². The number of hydrogen-bond donors (Lipinski definition) is 1. The van der Waals surface area contributed by atoms with E-state index in [0.29, 0.717) is 12.8 Å². The zero-order valence-electron chi connectivity index (χ0n) is 19.0. The van der Waals surface area contributed by atoms with Crippen molar-refractivity contribution in [3.63, 3.8) is 0 Å². The minimum Gasteiger partial charge on any atom is -0.370 e. The van der Waals surface area contributed by atoms with E-state index in [2.05, 4.69) is 64.0 Å². The van der Waals surface area contributed by atoms with Crippen LogP contribution in [0.1, 0.15) is 47.9 Å². The number of para-hydroxylation sites is 2. The summed E-state index contributed by atoms with van der Waals surface area (Å²) in [6.45, 7) is 2.21. The molecule has 4 heterocycles. The van der Waals surface area contributed by atoms with E-state index in [1.54, 1.807) is 0 Å². The second kappa shape index (κ2) is 9.15. The molecule has 2 aliphatic heterocycles. The fourth-order valence-corrected chi connectivity index (χ4v) is 5.51. The van der Waals surface area contributed by atoms with Gasteiger partial charge in [-0.15, -0.1) is 0 Å². The Morgan fingerprint density at radius 1 is 0.879 bits per heavy atom. The number of hydrogen-bond acceptors (Lipinski definition) is 2. The molecule has 5 nitrogen and oxygen atoms in total. The average molecular weight is 439 g/mol. The summed E-state index contributed by atoms with van der Waals surface area (Å²) >= 11 is 0. The average Bonchev–Trinajstić information content (AvgIpc) is 3.38. The molecule has 4 aromatic rings. The molecule has 168 valence electrons. The summed E-state index contributed by atoms with van der Waals surface area (Å²) in [6.07, 6.45) is 11.9. The van der Waals surface area contributed by atoms with Crippen LogP contribution in [0.25, 0.3) is 21.8 Å². The highest BCUT2D eigenvalue weighted by atomic mass is 16.1. The fraction of sp³-hybridized carbons (Fsp3) is 0.357. The van der Waals surface area contributed by atoms with Crippen LogP contribution in [-0.2, 0) is 43.6 Å². The number of rotatable bonds is 5. The van der Waals surface area contributed by atoms with Crippen LogP contribution in [0.4, 0.5) is 0 Å². The topological polar surface area (TPSA) is 76.7 Å². The molecule has 2 aromatic carbocycles. The number of aromatic nitrogens is 2. The first-order valence-electron chi connectivity index (χ1n) is 12.0. The van der Waals surface area contributed by atoms with Crippen LogP contribution in [0.5, 0.6) is 0 Å². The zero-order chi connectivity index (χ0) is 22.8. The van der Waals surface area contributed by atoms with Crippen LogP contribution in [0.15, 0.2) is 48.8 Å². The summed E-state index contributed by atoms with van der Waals surface area (Å²) in [6, 6.07) is 15.3. The first-order valence-corrected chi connectivity index (χ1v) is 12.0. The van der Waals surface area contributed by atoms with Crippen LogP contribution in [0.3, 0.4) is 0 Å². The van der Waals surface area contributed by atoms with Gasteiger partial charge in [-0.3, -0.25) is 4.79 Å². The molecular formula is C28H30N4O. The molecule has 6 rings (SSSR count). The minimum absolute atomic E-state index is 0.225. The van der Waals surface area contributed by atoms with E-state index < -0.39 is 0 Å². The summed E-state index contributed by atoms with van der Waals surface area (Å²) in [7, 11) is 0. The molecule has 5 heteroatoms. The van der Waals surface area contributed by atoms with E-state index in [1.807, 2.05) is 0 Å². The van der Waals surface area contributed by atoms with Gasteiger partial charge in [0.2, 0.25) is 5.91 Å². The molecule has 0 unspecified atom stereocenters. The predicted molar refractivity (Wildman–Crippen MR) is 132 cm³/mol. The Hall–Kier alpha value is -3.52. The van der Waals surface area contributed by atoms with Crippen LogP contribution >= 0.6 is 0 Å². The summed E-state index contributed by atoms with van der Waals surface area (Å²) in [5.41, 5.74) is 13.5. The highest BCUT2D eigenvalue weighted by molar-refractivity contribution is 5.88. The van der Waals surface area contributed by atoms with Gasteiger partial charge < -0.3 is 14.9 Å². The van der Waals surface area contributed by atoms with Gasteiger partial charge in [0.1, 0.15) is 0 Å². The number of nitriles is 1. The van der Waals surface area contributed by atoms with Gasteiger partial charge in [-0.25, -0.2) is 0 Å². The number of primary amides is 1. The molecule has 2 aromatic heterocycles. The number of carbonyl (C=O) groups is 1. The Morgan fingerprint density at radius 3 is 1.94 bits per heavy atom. The SMILES string of the molecule is N#CCCc1cn2c3c(cccc13)CCC2.NC(=O)CCc1cn2c3c(cccc13)CCC2. The lowest BCUT2D eigenvalue weighted by Crippen LogP contribution is -2.11. The monoisotopic (exact) mass is 438 g/mol. The second-order valence-electron chi connectivity index (χ2n) is 9.15. The summed E-state index contributed by atoms with van der Waals surface area (Å²) in [4.78, 5) is 10.9. The van der Waals surface area contributed by atoms with Crippen molar-refractivity contribution in [2.24, 2.45) is 5.73 Å². The first kappa shape index (κ1) is 21.3. The van der Waals surface area contributed by atoms with Crippen molar-refractivity contribution >= 4 is 27.7 Å². The third kappa shape index (κ3) is 4.14. The van der Waals surface area contributed by atoms with Crippen molar-refractivity contribution in [3.8, 4) is 6.07 Å². The maximum absolute atomic E-state index is 10.9. The Bertz CT molecular complexity index is 1370. The van der Waals surface area contributed by atoms with Gasteiger partial charge in [-0.2, -0.15) is 5.26 Å². The van der Waals surface area contributed by atoms with Gasteiger partial charge in [0.25, 0.3) is 0 Å². The van der Waals surface area contributed by atoms with Gasteiger partial charge in [-0.1, -0.05) is 36.4 Å². The second-order valence-corrected chi connectivity index (χ2v) is 9.15. The van der Waals surface area contributed by atoms with Crippen LogP contribution in [0, 0.1) is 11.3 Å². The smallest absolute Gasteiger partial charge is 0.217 e. The van der Waals surface area contributed by atoms with Crippen molar-refractivity contribution in [2.45, 2.75) is 64.5 Å². The van der Waals surface area contributed by atoms with E-state index in [1.165, 1.54) is 63.3 Å². The lowest BCUT2D eigenvalue weighted by molar-refractivity contribution is -0.117. The van der Waals surface area contributed by atoms with Gasteiger partial charge in [-0.05, 0) is 60.8 Å². The molecule has 0 radical (unpaired) electrons. The molecule has 0 bridgehead atoms. The van der Waals surface area contributed by atoms with E-state index in [0.717, 1.165) is 32.4 Å². The number of benzene rings is 2. The maximum atomic E-state index is 10.9. The highest BCUT2D eigenvalue weighted by Gasteiger charge is 2.16. The third-order valence-electron chi connectivity index (χ3n) is 6.97. The molecule has 0 saturated carbocycles. The minimum atomic E-state index is -0.225. The van der Waals surface area contributed by atoms with Crippen molar-refractivity contribution in [2.75, 3.05) is 0 Å². The molecular weight excluding hydrogens is 408 g/mol. The van der Waals surface area contributed by atoms with E-state index >= 15 is 0 Å². The molecule has 2 N–H and O–H groups in total. The largest absolute Gasteiger partial charge is 0.370 e. The molecule has 33 heavy (non-hydrogen) atoms. The van der Waals surface area contributed by atoms with E-state index in [9.17, 15) is 4.79 Å². The van der Waals surface area contributed by atoms with Gasteiger partial charge in [0, 0.05) is 49.1 Å². The van der Waals surface area contributed by atoms with Crippen LogP contribution in [-0.4, -0.2) is 15.0 Å². The molecule has 0 atom stereocenters. The van der Waals surface area contributed by atoms with Crippen molar-refractivity contribution in [3.05, 3.63) is 71.0 Å². The number of carbonyl (C=O) groups excluding carboxylic acids is 1. The summed E-state index contributed by atoms with van der Waals surface area (Å²) in [5.74, 6) is -0.225. The Labute approximate surface area is 194 Å². The number of nitrogens with two attached hydrogens (primary N) is 1. The summed E-state index contributed by atoms with van der Waals surface area (Å²) < 4.78 is 4.69. The predicted octanol–water partition coefficient (Wildman–Crippen LogP) is 5.05. The lowest BCUT2D eigenvalue weighted by Gasteiger charge is -2.14. The Morgan fingerprint density at radius 2 is 1.42 bits per heavy atom. The molecule has 0 fully saturated rings. The zero-order valence-corrected chi connectivity index (χ0v) is 19.0. The van der Waals surface area contributed by atoms with Crippen LogP contribution in [0.2, 0.25) is 0 Å². The number of amides is 1. The van der Waals surface area contributed by atoms with Crippen molar-refractivity contribution in [1.29, 1.82) is 5.26 Å². The Kier molecular flexibility index (Phi) is 5.92. The quantitative estimate of drug-likeness (QED) is 0.473. The Balaban J connectivity index is 0.000000139.